The molecule has 5 nitrogen and oxygen atoms in total. The molecule has 1 N–H and O–H groups in total. The van der Waals surface area contributed by atoms with Crippen LogP contribution in [0.25, 0.3) is 0 Å². The van der Waals surface area contributed by atoms with Gasteiger partial charge in [0, 0.05) is 19.6 Å². The fourth-order valence-electron chi connectivity index (χ4n) is 2.67. The fraction of sp³-hybridized carbons (Fsp3) is 0.647. The average Bonchev–Trinajstić information content (AvgIpc) is 2.81. The van der Waals surface area contributed by atoms with Gasteiger partial charge in [-0.05, 0) is 37.8 Å². The SMILES string of the molecule is CC(C)OCc1ccccc1CNS(=O)(=O)N1CCCCCC1. The highest BCUT2D eigenvalue weighted by molar-refractivity contribution is 7.87. The van der Waals surface area contributed by atoms with Gasteiger partial charge in [0.05, 0.1) is 12.7 Å². The summed E-state index contributed by atoms with van der Waals surface area (Å²) in [5.74, 6) is 0. The lowest BCUT2D eigenvalue weighted by Crippen LogP contribution is -2.41. The summed E-state index contributed by atoms with van der Waals surface area (Å²) in [6.45, 7) is 6.02. The van der Waals surface area contributed by atoms with Crippen LogP contribution in [0.15, 0.2) is 24.3 Å². The topological polar surface area (TPSA) is 58.6 Å². The van der Waals surface area contributed by atoms with Gasteiger partial charge in [-0.15, -0.1) is 0 Å². The number of nitrogens with one attached hydrogen (secondary N) is 1. The molecule has 1 fully saturated rings. The summed E-state index contributed by atoms with van der Waals surface area (Å²) in [5.41, 5.74) is 1.99. The van der Waals surface area contributed by atoms with Gasteiger partial charge in [0.1, 0.15) is 0 Å². The van der Waals surface area contributed by atoms with Gasteiger partial charge in [0.2, 0.25) is 0 Å². The van der Waals surface area contributed by atoms with Crippen LogP contribution < -0.4 is 4.72 Å². The van der Waals surface area contributed by atoms with Crippen molar-refractivity contribution < 1.29 is 13.2 Å². The lowest BCUT2D eigenvalue weighted by Gasteiger charge is -2.21. The first-order chi connectivity index (χ1) is 11.0. The van der Waals surface area contributed by atoms with Crippen molar-refractivity contribution in [3.05, 3.63) is 35.4 Å². The molecule has 0 aliphatic carbocycles. The van der Waals surface area contributed by atoms with E-state index in [-0.39, 0.29) is 6.10 Å². The summed E-state index contributed by atoms with van der Waals surface area (Å²) >= 11 is 0. The van der Waals surface area contributed by atoms with E-state index in [2.05, 4.69) is 4.72 Å². The maximum Gasteiger partial charge on any atom is 0.279 e. The lowest BCUT2D eigenvalue weighted by molar-refractivity contribution is 0.0652. The summed E-state index contributed by atoms with van der Waals surface area (Å²) in [6.07, 6.45) is 4.26. The predicted molar refractivity (Wildman–Crippen MR) is 92.2 cm³/mol. The third-order valence-electron chi connectivity index (χ3n) is 4.04. The normalized spacial score (nSPS) is 17.3. The minimum Gasteiger partial charge on any atom is -0.374 e. The quantitative estimate of drug-likeness (QED) is 0.830. The highest BCUT2D eigenvalue weighted by atomic mass is 32.2. The predicted octanol–water partition coefficient (Wildman–Crippen LogP) is 2.82. The van der Waals surface area contributed by atoms with Crippen molar-refractivity contribution >= 4 is 10.2 Å². The molecule has 0 unspecified atom stereocenters. The number of nitrogens with zero attached hydrogens (tertiary/aromatic N) is 1. The monoisotopic (exact) mass is 340 g/mol. The van der Waals surface area contributed by atoms with Crippen molar-refractivity contribution in [2.24, 2.45) is 0 Å². The Hall–Kier alpha value is -0.950. The second-order valence-corrected chi connectivity index (χ2v) is 8.02. The Morgan fingerprint density at radius 1 is 1.09 bits per heavy atom. The van der Waals surface area contributed by atoms with Gasteiger partial charge in [-0.2, -0.15) is 17.4 Å². The van der Waals surface area contributed by atoms with E-state index < -0.39 is 10.2 Å². The first-order valence-electron chi connectivity index (χ1n) is 8.42. The second kappa shape index (κ2) is 8.78. The minimum absolute atomic E-state index is 0.150. The van der Waals surface area contributed by atoms with E-state index in [1.807, 2.05) is 38.1 Å². The van der Waals surface area contributed by atoms with Crippen LogP contribution in [0.3, 0.4) is 0 Å². The molecule has 0 spiro atoms. The largest absolute Gasteiger partial charge is 0.374 e. The maximum absolute atomic E-state index is 12.5. The average molecular weight is 340 g/mol. The van der Waals surface area contributed by atoms with Crippen LogP contribution in [-0.2, 0) is 28.1 Å². The van der Waals surface area contributed by atoms with Gasteiger partial charge in [-0.3, -0.25) is 0 Å². The molecule has 0 aromatic heterocycles. The zero-order valence-electron chi connectivity index (χ0n) is 14.1. The molecule has 0 radical (unpaired) electrons. The van der Waals surface area contributed by atoms with E-state index in [4.69, 9.17) is 4.74 Å². The zero-order chi connectivity index (χ0) is 16.7. The van der Waals surface area contributed by atoms with Crippen molar-refractivity contribution in [3.8, 4) is 0 Å². The van der Waals surface area contributed by atoms with E-state index in [1.54, 1.807) is 4.31 Å². The highest BCUT2D eigenvalue weighted by Gasteiger charge is 2.22. The van der Waals surface area contributed by atoms with Crippen LogP contribution in [0, 0.1) is 0 Å². The summed E-state index contributed by atoms with van der Waals surface area (Å²) in [4.78, 5) is 0. The number of hydrogen-bond donors (Lipinski definition) is 1. The molecule has 1 aromatic carbocycles. The van der Waals surface area contributed by atoms with Crippen LogP contribution in [-0.4, -0.2) is 31.9 Å². The molecular formula is C17H28N2O3S. The number of benzene rings is 1. The summed E-state index contributed by atoms with van der Waals surface area (Å²) in [6, 6.07) is 7.81. The molecule has 1 aliphatic rings. The van der Waals surface area contributed by atoms with Crippen LogP contribution in [0.5, 0.6) is 0 Å². The molecule has 0 atom stereocenters. The van der Waals surface area contributed by atoms with E-state index in [0.717, 1.165) is 36.8 Å². The molecule has 23 heavy (non-hydrogen) atoms. The van der Waals surface area contributed by atoms with Crippen LogP contribution in [0.4, 0.5) is 0 Å². The van der Waals surface area contributed by atoms with Gasteiger partial charge in [-0.25, -0.2) is 0 Å². The number of rotatable bonds is 7. The van der Waals surface area contributed by atoms with E-state index >= 15 is 0 Å². The van der Waals surface area contributed by atoms with Gasteiger partial charge >= 0.3 is 0 Å². The molecule has 2 rings (SSSR count). The van der Waals surface area contributed by atoms with E-state index in [1.165, 1.54) is 0 Å². The fourth-order valence-corrected chi connectivity index (χ4v) is 3.93. The van der Waals surface area contributed by atoms with Crippen LogP contribution in [0.2, 0.25) is 0 Å². The lowest BCUT2D eigenvalue weighted by atomic mass is 10.1. The molecule has 1 heterocycles. The number of hydrogen-bond acceptors (Lipinski definition) is 3. The van der Waals surface area contributed by atoms with Gasteiger partial charge in [-0.1, -0.05) is 37.1 Å². The van der Waals surface area contributed by atoms with Crippen molar-refractivity contribution in [2.75, 3.05) is 13.1 Å². The summed E-state index contributed by atoms with van der Waals surface area (Å²) in [5, 5.41) is 0. The Kier molecular flexibility index (Phi) is 7.02. The van der Waals surface area contributed by atoms with E-state index in [0.29, 0.717) is 26.2 Å². The van der Waals surface area contributed by atoms with Crippen LogP contribution >= 0.6 is 0 Å². The Labute approximate surface area is 140 Å². The molecule has 1 aromatic rings. The molecular weight excluding hydrogens is 312 g/mol. The van der Waals surface area contributed by atoms with Gasteiger partial charge in [0.15, 0.2) is 0 Å². The second-order valence-electron chi connectivity index (χ2n) is 6.27. The van der Waals surface area contributed by atoms with Crippen molar-refractivity contribution in [1.82, 2.24) is 9.03 Å². The minimum atomic E-state index is -3.41. The standard InChI is InChI=1S/C17H28N2O3S/c1-15(2)22-14-17-10-6-5-9-16(17)13-18-23(20,21)19-11-7-3-4-8-12-19/h5-6,9-10,15,18H,3-4,7-8,11-14H2,1-2H3. The summed E-state index contributed by atoms with van der Waals surface area (Å²) in [7, 11) is -3.41. The Morgan fingerprint density at radius 2 is 1.70 bits per heavy atom. The number of ether oxygens (including phenoxy) is 1. The molecule has 0 amide bonds. The summed E-state index contributed by atoms with van der Waals surface area (Å²) < 4.78 is 34.9. The molecule has 0 saturated carbocycles. The third kappa shape index (κ3) is 5.88. The third-order valence-corrected chi connectivity index (χ3v) is 5.59. The molecule has 0 bridgehead atoms. The smallest absolute Gasteiger partial charge is 0.279 e. The Bertz CT molecular complexity index is 579. The Morgan fingerprint density at radius 3 is 2.30 bits per heavy atom. The first kappa shape index (κ1) is 18.4. The van der Waals surface area contributed by atoms with Crippen molar-refractivity contribution in [3.63, 3.8) is 0 Å². The first-order valence-corrected chi connectivity index (χ1v) is 9.86. The molecule has 130 valence electrons. The van der Waals surface area contributed by atoms with Gasteiger partial charge < -0.3 is 4.74 Å². The Balaban J connectivity index is 1.99. The molecule has 6 heteroatoms. The van der Waals surface area contributed by atoms with Gasteiger partial charge in [0.25, 0.3) is 10.2 Å². The highest BCUT2D eigenvalue weighted by Crippen LogP contribution is 2.15. The van der Waals surface area contributed by atoms with Crippen LogP contribution in [0.1, 0.15) is 50.7 Å². The molecule has 1 saturated heterocycles. The molecule has 1 aliphatic heterocycles. The van der Waals surface area contributed by atoms with Crippen molar-refractivity contribution in [2.45, 2.75) is 58.8 Å². The van der Waals surface area contributed by atoms with E-state index in [9.17, 15) is 8.42 Å². The van der Waals surface area contributed by atoms with Crippen molar-refractivity contribution in [1.29, 1.82) is 0 Å². The maximum atomic E-state index is 12.5. The zero-order valence-corrected chi connectivity index (χ0v) is 14.9.